The molecule has 0 aliphatic carbocycles. The Morgan fingerprint density at radius 2 is 0.733 bits per heavy atom. The topological polar surface area (TPSA) is 253 Å². The van der Waals surface area contributed by atoms with E-state index >= 15 is 0 Å². The van der Waals surface area contributed by atoms with Crippen LogP contribution in [-0.4, -0.2) is 113 Å². The molecule has 0 radical (unpaired) electrons. The summed E-state index contributed by atoms with van der Waals surface area (Å²) in [5.74, 6) is 1.53. The molecule has 3 N–H and O–H groups in total. The van der Waals surface area contributed by atoms with E-state index in [1.54, 1.807) is 50.5 Å². The van der Waals surface area contributed by atoms with Crippen LogP contribution in [0, 0.1) is 0 Å². The zero-order valence-electron chi connectivity index (χ0n) is 76.2. The molecule has 2 aliphatic heterocycles. The molecule has 0 amide bonds. The third-order valence-electron chi connectivity index (χ3n) is 20.5. The van der Waals surface area contributed by atoms with Crippen molar-refractivity contribution in [2.24, 2.45) is 0 Å². The first-order valence-electron chi connectivity index (χ1n) is 43.1. The van der Waals surface area contributed by atoms with Crippen LogP contribution in [0.3, 0.4) is 0 Å². The standard InChI is InChI=1S/4C18H15P.C14H23BN2O4.C8H8N4O.C8H11N3O.C5H5ClN2O.2O.Pd.Pt/c4*1-4-10-16(11-5-1)19(17-12-6-2-7-13-17)18-14-8-3-9-15-18;1-12(2,3)19-11(18)17-9-10(8-16-17)15-20-13(4,5)14(6,7)21-15;1-13-8-5-9-4-7(12-8)6-2-10-11-3-6;12-8-1-6(2-9-5-8)7-3-10-11-4-7;1-9-5-3-7-2-4(6)8-5;;;;/h4*1-15H;8-9H,1-7H3;2-5H,1H3,(H,10,11);3-4,6,9H,1-2,5H2,(H,10,11);2-3H,1H3;;;;. The number of aromatic nitrogens is 10. The fourth-order valence-corrected chi connectivity index (χ4v) is 22.8. The van der Waals surface area contributed by atoms with Gasteiger partial charge in [-0.15, -0.1) is 0 Å². The molecule has 2 fully saturated rings. The molecule has 19 rings (SSSR count). The van der Waals surface area contributed by atoms with Gasteiger partial charge in [0.05, 0.1) is 74.8 Å². The van der Waals surface area contributed by atoms with Crippen molar-refractivity contribution < 1.29 is 78.8 Å². The van der Waals surface area contributed by atoms with Gasteiger partial charge >= 0.3 is 38.5 Å². The van der Waals surface area contributed by atoms with Crippen LogP contribution >= 0.6 is 43.3 Å². The number of carbonyl (C=O) groups is 2. The smallest absolute Gasteiger partial charge is 0 e. The molecule has 1 unspecified atom stereocenters. The summed E-state index contributed by atoms with van der Waals surface area (Å²) >= 11 is 3.55. The van der Waals surface area contributed by atoms with Gasteiger partial charge in [-0.3, -0.25) is 25.0 Å². The van der Waals surface area contributed by atoms with Crippen LogP contribution in [0.2, 0.25) is 5.15 Å². The number of Topliss-reactive ketones (excluding diaryl/α,β-unsaturated/α-hetero) is 1. The van der Waals surface area contributed by atoms with Crippen LogP contribution in [0.1, 0.15) is 66.4 Å². The predicted octanol–water partition coefficient (Wildman–Crippen LogP) is 17.6. The number of benzene rings is 12. The molecule has 135 heavy (non-hydrogen) atoms. The van der Waals surface area contributed by atoms with Gasteiger partial charge in [0.1, 0.15) is 11.4 Å². The van der Waals surface area contributed by atoms with Crippen LogP contribution in [-0.2, 0) is 64.5 Å². The molecule has 20 nitrogen and oxygen atoms in total. The molecular formula is C107H107BClN11O9P4PdPt. The third kappa shape index (κ3) is 33.5. The SMILES string of the molecule is CC(C)(C)OC(=O)n1cc(B2OC(C)(C)C(C)(C)O2)cn1.COc1cncc(-c2cn[nH]c2)n1.COc1cncc(Cl)n1.O=C1CNCC(c2cn[nH]c2)C1.[O]=[Pt]=[O].[Pd].c1ccc(P(c2ccccc2)c2ccccc2)cc1.c1ccc(P(c2ccccc2)c2ccccc2)cc1.c1ccc(P(c2ccccc2)c2ccccc2)cc1.c1ccc(P(c2ccccc2)c2ccccc2)cc1. The third-order valence-corrected chi connectivity index (χ3v) is 30.4. The molecule has 1 atom stereocenters. The van der Waals surface area contributed by atoms with Crippen molar-refractivity contribution in [2.75, 3.05) is 27.3 Å². The van der Waals surface area contributed by atoms with Crippen LogP contribution < -0.4 is 83.9 Å². The molecular weight excluding hydrogens is 2050 g/mol. The largest absolute Gasteiger partial charge is 0.0622 e. The van der Waals surface area contributed by atoms with E-state index in [-0.39, 0.29) is 26.2 Å². The molecule has 0 bridgehead atoms. The zero-order chi connectivity index (χ0) is 94.6. The number of H-pyrrole nitrogens is 2. The molecule has 2 saturated heterocycles. The Morgan fingerprint density at radius 3 is 0.993 bits per heavy atom. The molecule has 694 valence electrons. The second-order valence-corrected chi connectivity index (χ2v) is 41.3. The average molecular weight is 2160 g/mol. The van der Waals surface area contributed by atoms with Gasteiger partial charge in [0.2, 0.25) is 11.8 Å². The molecule has 17 aromatic rings. The maximum Gasteiger partial charge on any atom is 0 e. The van der Waals surface area contributed by atoms with E-state index in [9.17, 15) is 9.59 Å². The summed E-state index contributed by atoms with van der Waals surface area (Å²) in [4.78, 5) is 38.7. The summed E-state index contributed by atoms with van der Waals surface area (Å²) in [6.07, 6.45) is 16.5. The molecule has 28 heteroatoms. The van der Waals surface area contributed by atoms with E-state index in [4.69, 9.17) is 41.9 Å². The van der Waals surface area contributed by atoms with E-state index in [2.05, 4.69) is 415 Å². The first-order chi connectivity index (χ1) is 65.2. The Balaban J connectivity index is 0.000000160. The number of methoxy groups -OCH3 is 2. The molecule has 7 heterocycles. The maximum atomic E-state index is 11.9. The Hall–Kier alpha value is -11.9. The van der Waals surface area contributed by atoms with E-state index < -0.39 is 80.2 Å². The first kappa shape index (κ1) is 105. The van der Waals surface area contributed by atoms with Gasteiger partial charge in [-0.05, 0) is 149 Å². The normalized spacial score (nSPS) is 13.0. The number of ether oxygens (including phenoxy) is 3. The van der Waals surface area contributed by atoms with Gasteiger partial charge < -0.3 is 28.8 Å². The second kappa shape index (κ2) is 55.8. The molecule has 5 aromatic heterocycles. The van der Waals surface area contributed by atoms with Crippen LogP contribution in [0.4, 0.5) is 4.79 Å². The fourth-order valence-electron chi connectivity index (χ4n) is 13.5. The second-order valence-electron chi connectivity index (χ2n) is 31.6. The Morgan fingerprint density at radius 1 is 0.437 bits per heavy atom. The quantitative estimate of drug-likeness (QED) is 0.0566. The van der Waals surface area contributed by atoms with Crippen LogP contribution in [0.5, 0.6) is 11.8 Å². The number of nitrogens with one attached hydrogen (secondary N) is 3. The summed E-state index contributed by atoms with van der Waals surface area (Å²) in [6, 6.07) is 129. The maximum absolute atomic E-state index is 11.9. The number of ketones is 1. The molecule has 2 aliphatic rings. The average Bonchev–Trinajstić information content (AvgIpc) is 1.61. The van der Waals surface area contributed by atoms with Gasteiger partial charge in [0.15, 0.2) is 5.15 Å². The molecule has 0 saturated carbocycles. The van der Waals surface area contributed by atoms with Crippen LogP contribution in [0.25, 0.3) is 11.3 Å². The summed E-state index contributed by atoms with van der Waals surface area (Å²) in [5, 5.41) is 37.4. The van der Waals surface area contributed by atoms with Crippen molar-refractivity contribution in [3.8, 4) is 23.0 Å². The summed E-state index contributed by atoms with van der Waals surface area (Å²) < 4.78 is 44.9. The minimum atomic E-state index is -1.92. The molecule has 0 spiro atoms. The van der Waals surface area contributed by atoms with E-state index in [0.717, 1.165) is 28.0 Å². The Kier molecular flexibility index (Phi) is 43.5. The number of carbonyl (C=O) groups excluding carboxylic acids is 2. The van der Waals surface area contributed by atoms with Gasteiger partial charge in [-0.1, -0.05) is 376 Å². The number of hydrogen-bond donors (Lipinski definition) is 3. The van der Waals surface area contributed by atoms with E-state index in [1.807, 2.05) is 54.7 Å². The molecule has 12 aromatic carbocycles. The van der Waals surface area contributed by atoms with E-state index in [1.165, 1.54) is 83.2 Å². The number of aromatic amines is 2. The summed E-state index contributed by atoms with van der Waals surface area (Å²) in [5.41, 5.74) is 2.04. The minimum Gasteiger partial charge on any atom is -0.0622 e. The Bertz CT molecular complexity index is 5390. The van der Waals surface area contributed by atoms with Crippen molar-refractivity contribution in [1.29, 1.82) is 0 Å². The number of piperidine rings is 1. The van der Waals surface area contributed by atoms with Crippen molar-refractivity contribution in [1.82, 2.24) is 55.4 Å². The van der Waals surface area contributed by atoms with Gasteiger partial charge in [0.25, 0.3) is 0 Å². The fraction of sp³-hybridized carbons (Fsp3) is 0.150. The van der Waals surface area contributed by atoms with E-state index in [0.29, 0.717) is 41.3 Å². The first-order valence-corrected chi connectivity index (χ1v) is 50.7. The Labute approximate surface area is 823 Å². The summed E-state index contributed by atoms with van der Waals surface area (Å²) in [7, 11) is 0.753. The van der Waals surface area contributed by atoms with Crippen molar-refractivity contribution in [3.05, 3.63) is 437 Å². The zero-order valence-corrected chi connectivity index (χ0v) is 84.4. The number of hydrogen-bond acceptors (Lipinski definition) is 17. The van der Waals surface area contributed by atoms with Gasteiger partial charge in [-0.2, -0.15) is 25.0 Å². The minimum absolute atomic E-state index is 0. The van der Waals surface area contributed by atoms with Crippen molar-refractivity contribution >= 4 is 131 Å². The van der Waals surface area contributed by atoms with Gasteiger partial charge in [0, 0.05) is 75.1 Å². The van der Waals surface area contributed by atoms with Crippen LogP contribution in [0.15, 0.2) is 426 Å². The monoisotopic (exact) mass is 2160 g/mol. The predicted molar refractivity (Wildman–Crippen MR) is 545 cm³/mol. The van der Waals surface area contributed by atoms with Gasteiger partial charge in [-0.25, -0.2) is 9.78 Å². The number of nitrogens with zero attached hydrogens (tertiary/aromatic N) is 8. The van der Waals surface area contributed by atoms with Crippen molar-refractivity contribution in [2.45, 2.75) is 77.6 Å². The number of halogens is 1. The van der Waals surface area contributed by atoms with Crippen molar-refractivity contribution in [3.63, 3.8) is 0 Å². The number of rotatable bonds is 17. The summed E-state index contributed by atoms with van der Waals surface area (Å²) in [6.45, 7) is 14.7.